The minimum atomic E-state index is 0.776. The van der Waals surface area contributed by atoms with E-state index in [1.807, 2.05) is 0 Å². The lowest BCUT2D eigenvalue weighted by Crippen LogP contribution is -2.48. The Morgan fingerprint density at radius 2 is 1.82 bits per heavy atom. The van der Waals surface area contributed by atoms with Crippen molar-refractivity contribution in [2.24, 2.45) is 17.8 Å². The van der Waals surface area contributed by atoms with Crippen LogP contribution in [0.3, 0.4) is 0 Å². The van der Waals surface area contributed by atoms with Crippen molar-refractivity contribution in [1.82, 2.24) is 10.2 Å². The summed E-state index contributed by atoms with van der Waals surface area (Å²) < 4.78 is 0. The molecule has 1 N–H and O–H groups in total. The second kappa shape index (κ2) is 4.89. The van der Waals surface area contributed by atoms with Crippen molar-refractivity contribution >= 4 is 0 Å². The van der Waals surface area contributed by atoms with Crippen molar-refractivity contribution in [3.05, 3.63) is 0 Å². The van der Waals surface area contributed by atoms with Gasteiger partial charge in [0.25, 0.3) is 0 Å². The molecule has 4 unspecified atom stereocenters. The van der Waals surface area contributed by atoms with E-state index in [0.717, 1.165) is 29.8 Å². The monoisotopic (exact) mass is 236 g/mol. The fourth-order valence-electron chi connectivity index (χ4n) is 4.75. The molecule has 3 aliphatic rings. The number of piperidine rings is 1. The van der Waals surface area contributed by atoms with Crippen LogP contribution < -0.4 is 5.32 Å². The zero-order chi connectivity index (χ0) is 11.8. The van der Waals surface area contributed by atoms with Gasteiger partial charge in [0.15, 0.2) is 0 Å². The molecule has 0 aromatic heterocycles. The molecule has 0 aromatic rings. The summed E-state index contributed by atoms with van der Waals surface area (Å²) in [6.07, 6.45) is 8.87. The summed E-state index contributed by atoms with van der Waals surface area (Å²) in [5.41, 5.74) is 0. The number of nitrogens with one attached hydrogen (secondary N) is 1. The largest absolute Gasteiger partial charge is 0.317 e. The maximum absolute atomic E-state index is 3.43. The van der Waals surface area contributed by atoms with Crippen LogP contribution in [0.25, 0.3) is 0 Å². The van der Waals surface area contributed by atoms with Crippen LogP contribution in [0.4, 0.5) is 0 Å². The molecule has 3 rings (SSSR count). The van der Waals surface area contributed by atoms with E-state index in [1.165, 1.54) is 45.2 Å². The summed E-state index contributed by atoms with van der Waals surface area (Å²) in [4.78, 5) is 2.78. The van der Waals surface area contributed by atoms with E-state index in [0.29, 0.717) is 0 Å². The summed E-state index contributed by atoms with van der Waals surface area (Å²) in [7, 11) is 2.11. The van der Waals surface area contributed by atoms with E-state index >= 15 is 0 Å². The summed E-state index contributed by atoms with van der Waals surface area (Å²) in [5, 5.41) is 3.43. The average molecular weight is 236 g/mol. The highest BCUT2D eigenvalue weighted by molar-refractivity contribution is 4.95. The van der Waals surface area contributed by atoms with Crippen molar-refractivity contribution in [1.29, 1.82) is 0 Å². The smallest absolute Gasteiger partial charge is 0.00979 e. The molecule has 2 aliphatic carbocycles. The zero-order valence-electron chi connectivity index (χ0n) is 11.5. The number of nitrogens with zero attached hydrogens (tertiary/aromatic N) is 1. The highest BCUT2D eigenvalue weighted by atomic mass is 15.2. The fraction of sp³-hybridized carbons (Fsp3) is 1.00. The van der Waals surface area contributed by atoms with E-state index in [9.17, 15) is 0 Å². The molecule has 0 spiro atoms. The molecule has 17 heavy (non-hydrogen) atoms. The second-order valence-corrected chi connectivity index (χ2v) is 6.68. The highest BCUT2D eigenvalue weighted by Crippen LogP contribution is 2.50. The highest BCUT2D eigenvalue weighted by Gasteiger charge is 2.43. The first kappa shape index (κ1) is 12.0. The summed E-state index contributed by atoms with van der Waals surface area (Å²) in [5.74, 6) is 3.21. The molecule has 3 fully saturated rings. The van der Waals surface area contributed by atoms with Gasteiger partial charge in [-0.05, 0) is 76.9 Å². The molecule has 2 bridgehead atoms. The van der Waals surface area contributed by atoms with Gasteiger partial charge in [-0.1, -0.05) is 6.42 Å². The Labute approximate surface area is 106 Å². The van der Waals surface area contributed by atoms with Gasteiger partial charge in [-0.25, -0.2) is 0 Å². The van der Waals surface area contributed by atoms with Crippen molar-refractivity contribution in [2.45, 2.75) is 57.5 Å². The maximum Gasteiger partial charge on any atom is 0.00979 e. The topological polar surface area (TPSA) is 15.3 Å². The van der Waals surface area contributed by atoms with E-state index in [-0.39, 0.29) is 0 Å². The van der Waals surface area contributed by atoms with Gasteiger partial charge in [0.05, 0.1) is 0 Å². The SMILES string of the molecule is CNC1CCN(C(C)C2CC3CCC2C3)CC1. The van der Waals surface area contributed by atoms with Crippen LogP contribution in [-0.4, -0.2) is 37.1 Å². The first-order valence-corrected chi connectivity index (χ1v) is 7.69. The molecule has 1 aliphatic heterocycles. The fourth-order valence-corrected chi connectivity index (χ4v) is 4.75. The number of hydrogen-bond acceptors (Lipinski definition) is 2. The molecule has 4 atom stereocenters. The van der Waals surface area contributed by atoms with Crippen LogP contribution in [0.1, 0.15) is 45.4 Å². The minimum absolute atomic E-state index is 0.776. The molecule has 2 heteroatoms. The van der Waals surface area contributed by atoms with Gasteiger partial charge in [-0.15, -0.1) is 0 Å². The van der Waals surface area contributed by atoms with Gasteiger partial charge in [0.2, 0.25) is 0 Å². The standard InChI is InChI=1S/C15H28N2/c1-11(15-10-12-3-4-13(15)9-12)17-7-5-14(16-2)6-8-17/h11-16H,3-10H2,1-2H3. The van der Waals surface area contributed by atoms with Crippen LogP contribution >= 0.6 is 0 Å². The van der Waals surface area contributed by atoms with E-state index < -0.39 is 0 Å². The summed E-state index contributed by atoms with van der Waals surface area (Å²) >= 11 is 0. The van der Waals surface area contributed by atoms with Gasteiger partial charge in [-0.2, -0.15) is 0 Å². The van der Waals surface area contributed by atoms with Gasteiger partial charge in [0.1, 0.15) is 0 Å². The van der Waals surface area contributed by atoms with Gasteiger partial charge in [-0.3, -0.25) is 0 Å². The molecule has 0 aromatic carbocycles. The normalized spacial score (nSPS) is 40.9. The van der Waals surface area contributed by atoms with E-state index in [1.54, 1.807) is 6.42 Å². The second-order valence-electron chi connectivity index (χ2n) is 6.68. The third-order valence-electron chi connectivity index (χ3n) is 5.93. The Hall–Kier alpha value is -0.0800. The first-order valence-electron chi connectivity index (χ1n) is 7.69. The summed E-state index contributed by atoms with van der Waals surface area (Å²) in [6.45, 7) is 5.15. The molecule has 98 valence electrons. The van der Waals surface area contributed by atoms with Crippen LogP contribution in [0.2, 0.25) is 0 Å². The van der Waals surface area contributed by atoms with E-state index in [4.69, 9.17) is 0 Å². The average Bonchev–Trinajstić information content (AvgIpc) is 3.00. The van der Waals surface area contributed by atoms with E-state index in [2.05, 4.69) is 24.2 Å². The Kier molecular flexibility index (Phi) is 3.45. The molecule has 1 saturated heterocycles. The first-order chi connectivity index (χ1) is 8.28. The predicted molar refractivity (Wildman–Crippen MR) is 72.1 cm³/mol. The van der Waals surface area contributed by atoms with Gasteiger partial charge >= 0.3 is 0 Å². The van der Waals surface area contributed by atoms with Gasteiger partial charge in [0, 0.05) is 12.1 Å². The Balaban J connectivity index is 1.54. The molecule has 2 nitrogen and oxygen atoms in total. The van der Waals surface area contributed by atoms with Crippen molar-refractivity contribution in [3.8, 4) is 0 Å². The third kappa shape index (κ3) is 2.26. The van der Waals surface area contributed by atoms with Crippen LogP contribution in [-0.2, 0) is 0 Å². The van der Waals surface area contributed by atoms with Crippen LogP contribution in [0.15, 0.2) is 0 Å². The lowest BCUT2D eigenvalue weighted by atomic mass is 9.82. The summed E-state index contributed by atoms with van der Waals surface area (Å²) in [6, 6.07) is 1.63. The predicted octanol–water partition coefficient (Wildman–Crippen LogP) is 2.49. The lowest BCUT2D eigenvalue weighted by molar-refractivity contribution is 0.0907. The van der Waals surface area contributed by atoms with Crippen LogP contribution in [0.5, 0.6) is 0 Å². The maximum atomic E-state index is 3.43. The Morgan fingerprint density at radius 3 is 2.35 bits per heavy atom. The molecular weight excluding hydrogens is 208 g/mol. The molecule has 0 radical (unpaired) electrons. The van der Waals surface area contributed by atoms with Crippen molar-refractivity contribution < 1.29 is 0 Å². The molecule has 0 amide bonds. The Morgan fingerprint density at radius 1 is 1.06 bits per heavy atom. The number of hydrogen-bond donors (Lipinski definition) is 1. The Bertz CT molecular complexity index is 258. The minimum Gasteiger partial charge on any atom is -0.317 e. The molecular formula is C15H28N2. The van der Waals surface area contributed by atoms with Crippen molar-refractivity contribution in [3.63, 3.8) is 0 Å². The van der Waals surface area contributed by atoms with Gasteiger partial charge < -0.3 is 10.2 Å². The number of likely N-dealkylation sites (tertiary alicyclic amines) is 1. The van der Waals surface area contributed by atoms with Crippen molar-refractivity contribution in [2.75, 3.05) is 20.1 Å². The molecule has 1 heterocycles. The zero-order valence-corrected chi connectivity index (χ0v) is 11.5. The lowest BCUT2D eigenvalue weighted by Gasteiger charge is -2.40. The number of rotatable bonds is 3. The number of fused-ring (bicyclic) bond motifs is 2. The van der Waals surface area contributed by atoms with Crippen LogP contribution in [0, 0.1) is 17.8 Å². The quantitative estimate of drug-likeness (QED) is 0.810. The third-order valence-corrected chi connectivity index (χ3v) is 5.93. The molecule has 2 saturated carbocycles.